The molecule has 0 heterocycles. The summed E-state index contributed by atoms with van der Waals surface area (Å²) in [5, 5.41) is 3.53. The lowest BCUT2D eigenvalue weighted by Gasteiger charge is -2.57. The average molecular weight is 448 g/mol. The van der Waals surface area contributed by atoms with Crippen molar-refractivity contribution in [2.24, 2.45) is 28.0 Å². The molecule has 1 unspecified atom stereocenters. The van der Waals surface area contributed by atoms with Gasteiger partial charge in [-0.05, 0) is 99.0 Å². The first-order valence-corrected chi connectivity index (χ1v) is 12.2. The summed E-state index contributed by atoms with van der Waals surface area (Å²) < 4.78 is 25.8. The van der Waals surface area contributed by atoms with E-state index in [9.17, 15) is 13.2 Å². The van der Waals surface area contributed by atoms with E-state index in [4.69, 9.17) is 12.2 Å². The minimum atomic E-state index is -2.53. The van der Waals surface area contributed by atoms with Crippen molar-refractivity contribution >= 4 is 39.4 Å². The third kappa shape index (κ3) is 3.91. The monoisotopic (exact) mass is 447 g/mol. The summed E-state index contributed by atoms with van der Waals surface area (Å²) in [6.07, 6.45) is 6.16. The number of nitrogens with one attached hydrogen (secondary N) is 1. The Balaban J connectivity index is 1.65. The molecular formula is C22H29N3O3S2. The smallest absolute Gasteiger partial charge is 0.316 e. The van der Waals surface area contributed by atoms with Crippen molar-refractivity contribution in [3.05, 3.63) is 29.3 Å². The predicted octanol–water partition coefficient (Wildman–Crippen LogP) is 3.95. The molecule has 1 aromatic rings. The van der Waals surface area contributed by atoms with E-state index in [-0.39, 0.29) is 11.9 Å². The lowest BCUT2D eigenvalue weighted by molar-refractivity contribution is -0.137. The van der Waals surface area contributed by atoms with Gasteiger partial charge in [-0.2, -0.15) is 8.42 Å². The van der Waals surface area contributed by atoms with E-state index in [0.717, 1.165) is 23.0 Å². The van der Waals surface area contributed by atoms with Gasteiger partial charge in [0.2, 0.25) is 5.91 Å². The van der Waals surface area contributed by atoms with Crippen molar-refractivity contribution < 1.29 is 13.2 Å². The Kier molecular flexibility index (Phi) is 5.99. The number of aryl methyl sites for hydroxylation is 1. The molecule has 8 heteroatoms. The number of nitrogens with zero attached hydrogens (tertiary/aromatic N) is 2. The summed E-state index contributed by atoms with van der Waals surface area (Å²) in [5.74, 6) is 2.21. The summed E-state index contributed by atoms with van der Waals surface area (Å²) in [5.41, 5.74) is 1.88. The van der Waals surface area contributed by atoms with Gasteiger partial charge in [-0.25, -0.2) is 0 Å². The molecule has 30 heavy (non-hydrogen) atoms. The number of carbonyl (C=O) groups is 1. The van der Waals surface area contributed by atoms with Gasteiger partial charge in [-0.15, -0.1) is 4.36 Å². The third-order valence-electron chi connectivity index (χ3n) is 7.42. The van der Waals surface area contributed by atoms with Gasteiger partial charge >= 0.3 is 10.5 Å². The zero-order chi connectivity index (χ0) is 21.6. The van der Waals surface area contributed by atoms with Gasteiger partial charge in [-0.1, -0.05) is 12.1 Å². The van der Waals surface area contributed by atoms with Crippen LogP contribution >= 0.6 is 12.2 Å². The molecule has 1 aromatic carbocycles. The van der Waals surface area contributed by atoms with Crippen LogP contribution in [0.15, 0.2) is 22.6 Å². The highest BCUT2D eigenvalue weighted by atomic mass is 32.2. The molecule has 4 saturated carbocycles. The molecule has 4 bridgehead atoms. The number of hydrogen-bond acceptors (Lipinski definition) is 5. The van der Waals surface area contributed by atoms with Crippen molar-refractivity contribution in [2.45, 2.75) is 57.9 Å². The molecule has 6 nitrogen and oxygen atoms in total. The minimum absolute atomic E-state index is 0.0233. The standard InChI is InChI=1S/C22H29N3O3S2/c1-12-4-5-16(11-19(12)24-30(27)28)13(2)21(26)25(22(29)23-3)20-17-7-14-6-15(9-17)10-18(20)8-14/h4-5,11,13-15,17-18,20H,6-10H2,1-3H3,(H,23,29). The summed E-state index contributed by atoms with van der Waals surface area (Å²) >= 11 is 5.62. The molecule has 4 aliphatic rings. The Morgan fingerprint density at radius 3 is 2.30 bits per heavy atom. The Morgan fingerprint density at radius 2 is 1.77 bits per heavy atom. The van der Waals surface area contributed by atoms with Crippen LogP contribution in [0, 0.1) is 30.6 Å². The van der Waals surface area contributed by atoms with E-state index in [0.29, 0.717) is 22.6 Å². The van der Waals surface area contributed by atoms with E-state index in [2.05, 4.69) is 9.68 Å². The maximum absolute atomic E-state index is 13.7. The second-order valence-electron chi connectivity index (χ2n) is 9.26. The van der Waals surface area contributed by atoms with E-state index in [1.165, 1.54) is 32.1 Å². The van der Waals surface area contributed by atoms with Gasteiger partial charge in [0.1, 0.15) is 0 Å². The van der Waals surface area contributed by atoms with Crippen molar-refractivity contribution in [3.8, 4) is 0 Å². The molecule has 0 aromatic heterocycles. The molecule has 0 spiro atoms. The van der Waals surface area contributed by atoms with Crippen LogP contribution < -0.4 is 5.32 Å². The largest absolute Gasteiger partial charge is 0.365 e. The van der Waals surface area contributed by atoms with Crippen molar-refractivity contribution in [2.75, 3.05) is 7.05 Å². The highest BCUT2D eigenvalue weighted by molar-refractivity contribution is 7.80. The molecule has 0 aliphatic heterocycles. The second-order valence-corrected chi connectivity index (χ2v) is 10.3. The topological polar surface area (TPSA) is 78.8 Å². The maximum Gasteiger partial charge on any atom is 0.316 e. The number of carbonyl (C=O) groups excluding carboxylic acids is 1. The Hall–Kier alpha value is -1.80. The molecule has 0 saturated heterocycles. The third-order valence-corrected chi connectivity index (χ3v) is 8.17. The van der Waals surface area contributed by atoms with E-state index < -0.39 is 16.4 Å². The zero-order valence-electron chi connectivity index (χ0n) is 17.7. The van der Waals surface area contributed by atoms with Gasteiger partial charge in [0.25, 0.3) is 0 Å². The molecule has 162 valence electrons. The highest BCUT2D eigenvalue weighted by Crippen LogP contribution is 2.55. The molecule has 0 radical (unpaired) electrons. The van der Waals surface area contributed by atoms with Gasteiger partial charge in [0, 0.05) is 13.1 Å². The first kappa shape index (κ1) is 21.4. The summed E-state index contributed by atoms with van der Waals surface area (Å²) in [7, 11) is -0.760. The summed E-state index contributed by atoms with van der Waals surface area (Å²) in [6.45, 7) is 3.67. The quantitative estimate of drug-likeness (QED) is 0.707. The molecular weight excluding hydrogens is 418 g/mol. The van der Waals surface area contributed by atoms with Crippen LogP contribution in [-0.4, -0.2) is 37.4 Å². The van der Waals surface area contributed by atoms with E-state index in [1.807, 2.05) is 24.0 Å². The van der Waals surface area contributed by atoms with Gasteiger partial charge in [0.15, 0.2) is 5.11 Å². The van der Waals surface area contributed by atoms with Crippen LogP contribution in [0.5, 0.6) is 0 Å². The van der Waals surface area contributed by atoms with Gasteiger partial charge in [-0.3, -0.25) is 9.69 Å². The molecule has 5 rings (SSSR count). The van der Waals surface area contributed by atoms with Gasteiger partial charge < -0.3 is 5.32 Å². The predicted molar refractivity (Wildman–Crippen MR) is 120 cm³/mol. The average Bonchev–Trinajstić information content (AvgIpc) is 2.70. The number of benzene rings is 1. The first-order valence-electron chi connectivity index (χ1n) is 10.7. The zero-order valence-corrected chi connectivity index (χ0v) is 19.3. The normalized spacial score (nSPS) is 29.9. The van der Waals surface area contributed by atoms with Crippen LogP contribution in [0.1, 0.15) is 56.1 Å². The number of thiocarbonyl (C=S) groups is 1. The number of amides is 1. The fourth-order valence-corrected chi connectivity index (χ4v) is 6.82. The molecule has 4 aliphatic carbocycles. The maximum atomic E-state index is 13.7. The van der Waals surface area contributed by atoms with Crippen LogP contribution in [0.3, 0.4) is 0 Å². The highest BCUT2D eigenvalue weighted by Gasteiger charge is 2.52. The first-order chi connectivity index (χ1) is 14.3. The summed E-state index contributed by atoms with van der Waals surface area (Å²) in [4.78, 5) is 15.6. The Bertz CT molecular complexity index is 969. The molecule has 1 amide bonds. The van der Waals surface area contributed by atoms with Gasteiger partial charge in [0.05, 0.1) is 11.6 Å². The van der Waals surface area contributed by atoms with Crippen LogP contribution in [-0.2, 0) is 15.3 Å². The van der Waals surface area contributed by atoms with Crippen LogP contribution in [0.2, 0.25) is 0 Å². The van der Waals surface area contributed by atoms with Crippen molar-refractivity contribution in [1.82, 2.24) is 10.2 Å². The summed E-state index contributed by atoms with van der Waals surface area (Å²) in [6, 6.07) is 5.55. The van der Waals surface area contributed by atoms with E-state index >= 15 is 0 Å². The second kappa shape index (κ2) is 8.38. The Morgan fingerprint density at radius 1 is 1.17 bits per heavy atom. The van der Waals surface area contributed by atoms with Crippen molar-refractivity contribution in [1.29, 1.82) is 0 Å². The van der Waals surface area contributed by atoms with Crippen LogP contribution in [0.25, 0.3) is 0 Å². The number of hydrogen-bond donors (Lipinski definition) is 1. The lowest BCUT2D eigenvalue weighted by Crippen LogP contribution is -2.61. The van der Waals surface area contributed by atoms with Crippen LogP contribution in [0.4, 0.5) is 5.69 Å². The van der Waals surface area contributed by atoms with Crippen molar-refractivity contribution in [3.63, 3.8) is 0 Å². The molecule has 1 N–H and O–H groups in total. The fourth-order valence-electron chi connectivity index (χ4n) is 6.25. The fraction of sp³-hybridized carbons (Fsp3) is 0.636. The SMILES string of the molecule is CNC(=S)N(C(=O)C(C)c1ccc(C)c(N=S(=O)=O)c1)C1C2CC3CC(C2)CC1C3. The van der Waals surface area contributed by atoms with E-state index in [1.54, 1.807) is 20.0 Å². The molecule has 1 atom stereocenters. The molecule has 4 fully saturated rings. The minimum Gasteiger partial charge on any atom is -0.365 e. The Labute approximate surface area is 185 Å². The number of rotatable bonds is 4. The lowest BCUT2D eigenvalue weighted by atomic mass is 9.54.